The molecule has 2 aromatic carbocycles. The zero-order valence-electron chi connectivity index (χ0n) is 32.1. The molecule has 0 spiro atoms. The average Bonchev–Trinajstić information content (AvgIpc) is 3.53. The number of hydrogen-bond donors (Lipinski definition) is 0. The van der Waals surface area contributed by atoms with Crippen molar-refractivity contribution in [1.82, 2.24) is 0 Å². The molecule has 298 valence electrons. The maximum absolute atomic E-state index is 13.2. The summed E-state index contributed by atoms with van der Waals surface area (Å²) >= 11 is 0. The number of carbonyl (C=O) groups is 2. The van der Waals surface area contributed by atoms with Crippen molar-refractivity contribution in [3.8, 4) is 28.7 Å². The molecule has 7 rings (SSSR count). The molecule has 0 aromatic heterocycles. The number of esters is 2. The fourth-order valence-corrected chi connectivity index (χ4v) is 8.55. The summed E-state index contributed by atoms with van der Waals surface area (Å²) in [5, 5.41) is 10.3. The SMILES string of the molecule is N#CC1c2cc(OC(=O)C3CCC(OCCCOC4CCCCO4)CC3)ccc2-c2ccc(OC(=O)C3CCC(OCCCOC4CCCCO4)CC3)cc21. The van der Waals surface area contributed by atoms with Crippen LogP contribution in [0.3, 0.4) is 0 Å². The zero-order valence-corrected chi connectivity index (χ0v) is 32.1. The van der Waals surface area contributed by atoms with Crippen LogP contribution in [0.1, 0.15) is 120 Å². The molecule has 55 heavy (non-hydrogen) atoms. The molecule has 2 aromatic rings. The molecule has 0 radical (unpaired) electrons. The predicted octanol–water partition coefficient (Wildman–Crippen LogP) is 8.15. The molecule has 2 aliphatic heterocycles. The number of hydrogen-bond acceptors (Lipinski definition) is 11. The van der Waals surface area contributed by atoms with Crippen LogP contribution in [-0.2, 0) is 38.0 Å². The summed E-state index contributed by atoms with van der Waals surface area (Å²) < 4.78 is 46.7. The third-order valence-corrected chi connectivity index (χ3v) is 11.7. The molecule has 4 fully saturated rings. The van der Waals surface area contributed by atoms with Gasteiger partial charge in [0.25, 0.3) is 0 Å². The second kappa shape index (κ2) is 20.2. The lowest BCUT2D eigenvalue weighted by molar-refractivity contribution is -0.165. The highest BCUT2D eigenvalue weighted by molar-refractivity contribution is 5.83. The molecule has 5 aliphatic rings. The van der Waals surface area contributed by atoms with E-state index in [-0.39, 0.29) is 48.6 Å². The van der Waals surface area contributed by atoms with Crippen LogP contribution in [-0.4, -0.2) is 76.4 Å². The Morgan fingerprint density at radius 3 is 1.42 bits per heavy atom. The van der Waals surface area contributed by atoms with Crippen LogP contribution in [0, 0.1) is 23.2 Å². The molecule has 0 amide bonds. The standard InChI is InChI=1S/C44H57NO10/c45-29-40-38-27-34(54-43(46)30-9-13-32(14-10-30)48-23-5-25-52-41-7-1-3-21-50-41)17-19-36(38)37-20-18-35(28-39(37)40)55-44(47)31-11-15-33(16-12-31)49-24-6-26-53-42-8-2-4-22-51-42/h17-20,27-28,30-33,40-42H,1-16,21-26H2. The van der Waals surface area contributed by atoms with Crippen LogP contribution >= 0.6 is 0 Å². The van der Waals surface area contributed by atoms with Crippen molar-refractivity contribution in [3.63, 3.8) is 0 Å². The Hall–Kier alpha value is -3.37. The van der Waals surface area contributed by atoms with Gasteiger partial charge in [-0.2, -0.15) is 5.26 Å². The Balaban J connectivity index is 0.824. The Bertz CT molecular complexity index is 1480. The van der Waals surface area contributed by atoms with E-state index in [4.69, 9.17) is 37.9 Å². The van der Waals surface area contributed by atoms with E-state index >= 15 is 0 Å². The number of benzene rings is 2. The van der Waals surface area contributed by atoms with Gasteiger partial charge in [0.2, 0.25) is 0 Å². The summed E-state index contributed by atoms with van der Waals surface area (Å²) in [6, 6.07) is 13.4. The molecule has 2 heterocycles. The van der Waals surface area contributed by atoms with Gasteiger partial charge in [0.15, 0.2) is 12.6 Å². The first-order chi connectivity index (χ1) is 27.0. The molecule has 0 N–H and O–H groups in total. The Morgan fingerprint density at radius 2 is 1.02 bits per heavy atom. The van der Waals surface area contributed by atoms with Crippen LogP contribution in [0.5, 0.6) is 11.5 Å². The molecule has 2 saturated carbocycles. The van der Waals surface area contributed by atoms with E-state index in [1.165, 1.54) is 0 Å². The van der Waals surface area contributed by atoms with E-state index in [1.54, 1.807) is 24.3 Å². The maximum atomic E-state index is 13.2. The van der Waals surface area contributed by atoms with E-state index in [9.17, 15) is 14.9 Å². The summed E-state index contributed by atoms with van der Waals surface area (Å²) in [5.74, 6) is -0.549. The van der Waals surface area contributed by atoms with Crippen molar-refractivity contribution >= 4 is 11.9 Å². The van der Waals surface area contributed by atoms with Gasteiger partial charge in [-0.25, -0.2) is 0 Å². The van der Waals surface area contributed by atoms with E-state index in [2.05, 4.69) is 6.07 Å². The predicted molar refractivity (Wildman–Crippen MR) is 202 cm³/mol. The van der Waals surface area contributed by atoms with Gasteiger partial charge in [0.1, 0.15) is 11.5 Å². The van der Waals surface area contributed by atoms with E-state index in [1.807, 2.05) is 12.1 Å². The summed E-state index contributed by atoms with van der Waals surface area (Å²) in [4.78, 5) is 26.4. The van der Waals surface area contributed by atoms with Crippen LogP contribution in [0.4, 0.5) is 0 Å². The largest absolute Gasteiger partial charge is 0.426 e. The van der Waals surface area contributed by atoms with Crippen molar-refractivity contribution < 1.29 is 47.5 Å². The van der Waals surface area contributed by atoms with Gasteiger partial charge in [0.05, 0.1) is 49.2 Å². The normalized spacial score (nSPS) is 27.7. The Morgan fingerprint density at radius 1 is 0.582 bits per heavy atom. The van der Waals surface area contributed by atoms with Crippen LogP contribution in [0.25, 0.3) is 11.1 Å². The number of rotatable bonds is 16. The highest BCUT2D eigenvalue weighted by atomic mass is 16.7. The molecule has 0 bridgehead atoms. The minimum Gasteiger partial charge on any atom is -0.426 e. The molecule has 3 aliphatic carbocycles. The van der Waals surface area contributed by atoms with Crippen molar-refractivity contribution in [2.75, 3.05) is 39.6 Å². The van der Waals surface area contributed by atoms with Gasteiger partial charge in [-0.3, -0.25) is 9.59 Å². The van der Waals surface area contributed by atoms with Gasteiger partial charge in [-0.05, 0) is 149 Å². The molecule has 11 heteroatoms. The average molecular weight is 760 g/mol. The fourth-order valence-electron chi connectivity index (χ4n) is 8.55. The lowest BCUT2D eigenvalue weighted by atomic mass is 9.87. The minimum absolute atomic E-state index is 0.0716. The lowest BCUT2D eigenvalue weighted by Crippen LogP contribution is -2.29. The van der Waals surface area contributed by atoms with Gasteiger partial charge in [-0.15, -0.1) is 0 Å². The van der Waals surface area contributed by atoms with Crippen molar-refractivity contribution in [2.45, 2.75) is 133 Å². The topological polar surface area (TPSA) is 132 Å². The quantitative estimate of drug-likeness (QED) is 0.0933. The number of nitriles is 1. The Labute approximate surface area is 325 Å². The highest BCUT2D eigenvalue weighted by Crippen LogP contribution is 2.47. The maximum Gasteiger partial charge on any atom is 0.314 e. The fraction of sp³-hybridized carbons (Fsp3) is 0.659. The highest BCUT2D eigenvalue weighted by Gasteiger charge is 2.33. The summed E-state index contributed by atoms with van der Waals surface area (Å²) in [5.41, 5.74) is 3.41. The summed E-state index contributed by atoms with van der Waals surface area (Å²) in [6.45, 7) is 4.10. The summed E-state index contributed by atoms with van der Waals surface area (Å²) in [7, 11) is 0. The van der Waals surface area contributed by atoms with Gasteiger partial charge in [0, 0.05) is 26.4 Å². The second-order valence-corrected chi connectivity index (χ2v) is 15.6. The minimum atomic E-state index is -0.566. The van der Waals surface area contributed by atoms with Crippen LogP contribution in [0.2, 0.25) is 0 Å². The number of nitrogens with zero attached hydrogens (tertiary/aromatic N) is 1. The van der Waals surface area contributed by atoms with Crippen molar-refractivity contribution in [2.24, 2.45) is 11.8 Å². The second-order valence-electron chi connectivity index (χ2n) is 15.6. The zero-order chi connectivity index (χ0) is 37.8. The van der Waals surface area contributed by atoms with Gasteiger partial charge in [-0.1, -0.05) is 12.1 Å². The number of fused-ring (bicyclic) bond motifs is 3. The molecule has 2 saturated heterocycles. The third-order valence-electron chi connectivity index (χ3n) is 11.7. The molecule has 2 unspecified atom stereocenters. The first-order valence-corrected chi connectivity index (χ1v) is 20.8. The van der Waals surface area contributed by atoms with E-state index in [0.717, 1.165) is 138 Å². The van der Waals surface area contributed by atoms with E-state index < -0.39 is 5.92 Å². The monoisotopic (exact) mass is 759 g/mol. The van der Waals surface area contributed by atoms with Gasteiger partial charge >= 0.3 is 11.9 Å². The van der Waals surface area contributed by atoms with Crippen molar-refractivity contribution in [3.05, 3.63) is 47.5 Å². The molecule has 2 atom stereocenters. The molecule has 11 nitrogen and oxygen atoms in total. The third kappa shape index (κ3) is 10.9. The smallest absolute Gasteiger partial charge is 0.314 e. The first-order valence-electron chi connectivity index (χ1n) is 20.8. The Kier molecular flexibility index (Phi) is 14.6. The van der Waals surface area contributed by atoms with Crippen molar-refractivity contribution in [1.29, 1.82) is 5.26 Å². The van der Waals surface area contributed by atoms with Gasteiger partial charge < -0.3 is 37.9 Å². The molecular weight excluding hydrogens is 702 g/mol. The first kappa shape index (κ1) is 39.8. The van der Waals surface area contributed by atoms with Crippen LogP contribution < -0.4 is 9.47 Å². The number of carbonyl (C=O) groups excluding carboxylic acids is 2. The van der Waals surface area contributed by atoms with Crippen LogP contribution in [0.15, 0.2) is 36.4 Å². The lowest BCUT2D eigenvalue weighted by Gasteiger charge is -2.27. The molecular formula is C44H57NO10. The van der Waals surface area contributed by atoms with E-state index in [0.29, 0.717) is 37.9 Å². The summed E-state index contributed by atoms with van der Waals surface area (Å²) in [6.07, 6.45) is 14.4. The number of ether oxygens (including phenoxy) is 8.